The Morgan fingerprint density at radius 1 is 1.18 bits per heavy atom. The number of carbonyl (C=O) groups excluding carboxylic acids is 1. The summed E-state index contributed by atoms with van der Waals surface area (Å²) in [6.07, 6.45) is 0. The Balaban J connectivity index is 5.01. The maximum Gasteiger partial charge on any atom is 0.331 e. The van der Waals surface area contributed by atoms with Crippen LogP contribution in [0.15, 0.2) is 11.1 Å². The molecule has 2 N–H and O–H groups in total. The lowest BCUT2D eigenvalue weighted by Gasteiger charge is -2.28. The lowest BCUT2D eigenvalue weighted by Crippen LogP contribution is -2.42. The maximum absolute atomic E-state index is 12.0. The molecule has 0 aromatic heterocycles. The third-order valence-electron chi connectivity index (χ3n) is 2.45. The maximum atomic E-state index is 12.0. The molecule has 0 aliphatic rings. The van der Waals surface area contributed by atoms with Crippen molar-refractivity contribution in [3.05, 3.63) is 11.1 Å². The van der Waals surface area contributed by atoms with Gasteiger partial charge < -0.3 is 15.1 Å². The first-order chi connectivity index (χ1) is 7.60. The minimum absolute atomic E-state index is 0.0317. The van der Waals surface area contributed by atoms with Crippen LogP contribution in [0, 0.1) is 0 Å². The molecule has 0 heterocycles. The van der Waals surface area contributed by atoms with Gasteiger partial charge in [-0.05, 0) is 34.6 Å². The summed E-state index contributed by atoms with van der Waals surface area (Å²) >= 11 is 0. The molecule has 0 aromatic carbocycles. The molecular formula is C12H21NO4. The Bertz CT molecular complexity index is 339. The molecule has 0 spiro atoms. The van der Waals surface area contributed by atoms with E-state index in [1.165, 1.54) is 18.7 Å². The Morgan fingerprint density at radius 3 is 1.94 bits per heavy atom. The zero-order valence-corrected chi connectivity index (χ0v) is 11.1. The average molecular weight is 243 g/mol. The molecule has 0 saturated carbocycles. The minimum atomic E-state index is -1.10. The molecule has 0 radical (unpaired) electrons. The smallest absolute Gasteiger partial charge is 0.331 e. The van der Waals surface area contributed by atoms with E-state index in [2.05, 4.69) is 0 Å². The van der Waals surface area contributed by atoms with Crippen molar-refractivity contribution in [2.45, 2.75) is 40.2 Å². The summed E-state index contributed by atoms with van der Waals surface area (Å²) in [5, 5.41) is 18.5. The van der Waals surface area contributed by atoms with Gasteiger partial charge in [-0.25, -0.2) is 4.79 Å². The second kappa shape index (κ2) is 5.82. The third-order valence-corrected chi connectivity index (χ3v) is 2.45. The van der Waals surface area contributed by atoms with E-state index in [0.29, 0.717) is 6.54 Å². The lowest BCUT2D eigenvalue weighted by molar-refractivity contribution is -0.134. The zero-order chi connectivity index (χ0) is 13.8. The standard InChI is InChI=1S/C12H21NO4/c1-6-13(7-12(4,5)17)10(14)8(2)9(3)11(15)16/h17H,6-7H2,1-5H3,(H,15,16). The molecule has 0 atom stereocenters. The number of carbonyl (C=O) groups is 2. The van der Waals surface area contributed by atoms with Gasteiger partial charge in [0, 0.05) is 24.2 Å². The topological polar surface area (TPSA) is 77.8 Å². The number of carboxylic acids is 1. The molecule has 98 valence electrons. The highest BCUT2D eigenvalue weighted by atomic mass is 16.4. The Labute approximate surface area is 102 Å². The molecule has 0 aliphatic heterocycles. The van der Waals surface area contributed by atoms with Crippen LogP contribution in [0.2, 0.25) is 0 Å². The van der Waals surface area contributed by atoms with Gasteiger partial charge in [-0.3, -0.25) is 4.79 Å². The van der Waals surface area contributed by atoms with E-state index in [9.17, 15) is 14.7 Å². The predicted molar refractivity (Wildman–Crippen MR) is 64.6 cm³/mol. The third kappa shape index (κ3) is 4.99. The van der Waals surface area contributed by atoms with Crippen molar-refractivity contribution in [3.8, 4) is 0 Å². The fourth-order valence-corrected chi connectivity index (χ4v) is 1.35. The number of hydrogen-bond acceptors (Lipinski definition) is 3. The number of amides is 1. The van der Waals surface area contributed by atoms with Crippen molar-refractivity contribution in [2.24, 2.45) is 0 Å². The van der Waals surface area contributed by atoms with Gasteiger partial charge in [0.15, 0.2) is 0 Å². The normalized spacial score (nSPS) is 13.1. The number of carboxylic acid groups (broad SMARTS) is 1. The number of hydrogen-bond donors (Lipinski definition) is 2. The van der Waals surface area contributed by atoms with Crippen LogP contribution < -0.4 is 0 Å². The molecule has 5 nitrogen and oxygen atoms in total. The molecule has 0 fully saturated rings. The van der Waals surface area contributed by atoms with Crippen molar-refractivity contribution < 1.29 is 19.8 Å². The van der Waals surface area contributed by atoms with Crippen molar-refractivity contribution in [3.63, 3.8) is 0 Å². The van der Waals surface area contributed by atoms with E-state index in [1.54, 1.807) is 20.8 Å². The first kappa shape index (κ1) is 15.6. The van der Waals surface area contributed by atoms with Crippen molar-refractivity contribution in [1.82, 2.24) is 4.90 Å². The fraction of sp³-hybridized carbons (Fsp3) is 0.667. The quantitative estimate of drug-likeness (QED) is 0.707. The van der Waals surface area contributed by atoms with Crippen LogP contribution in [0.25, 0.3) is 0 Å². The van der Waals surface area contributed by atoms with Gasteiger partial charge in [0.1, 0.15) is 0 Å². The molecule has 0 unspecified atom stereocenters. The summed E-state index contributed by atoms with van der Waals surface area (Å²) < 4.78 is 0. The Kier molecular flexibility index (Phi) is 5.35. The van der Waals surface area contributed by atoms with Crippen molar-refractivity contribution in [1.29, 1.82) is 0 Å². The Morgan fingerprint density at radius 2 is 1.65 bits per heavy atom. The van der Waals surface area contributed by atoms with Crippen LogP contribution in [-0.2, 0) is 9.59 Å². The number of rotatable bonds is 5. The molecule has 0 aliphatic carbocycles. The van der Waals surface area contributed by atoms with Crippen LogP contribution >= 0.6 is 0 Å². The highest BCUT2D eigenvalue weighted by Gasteiger charge is 2.23. The molecule has 1 amide bonds. The zero-order valence-electron chi connectivity index (χ0n) is 11.1. The van der Waals surface area contributed by atoms with E-state index < -0.39 is 11.6 Å². The van der Waals surface area contributed by atoms with Gasteiger partial charge in [-0.1, -0.05) is 0 Å². The predicted octanol–water partition coefficient (Wildman–Crippen LogP) is 1.03. The Hall–Kier alpha value is -1.36. The van der Waals surface area contributed by atoms with Gasteiger partial charge in [0.25, 0.3) is 0 Å². The molecule has 0 saturated heterocycles. The molecule has 0 rings (SSSR count). The number of aliphatic hydroxyl groups is 1. The summed E-state index contributed by atoms with van der Waals surface area (Å²) in [7, 11) is 0. The van der Waals surface area contributed by atoms with Gasteiger partial charge in [-0.2, -0.15) is 0 Å². The SMILES string of the molecule is CCN(CC(C)(C)O)C(=O)C(C)=C(C)C(=O)O. The summed E-state index contributed by atoms with van der Waals surface area (Å²) in [5.41, 5.74) is -0.768. The largest absolute Gasteiger partial charge is 0.478 e. The van der Waals surface area contributed by atoms with Gasteiger partial charge >= 0.3 is 5.97 Å². The van der Waals surface area contributed by atoms with Crippen LogP contribution in [-0.4, -0.2) is 45.7 Å². The summed E-state index contributed by atoms with van der Waals surface area (Å²) in [5.74, 6) is -1.45. The highest BCUT2D eigenvalue weighted by Crippen LogP contribution is 2.11. The van der Waals surface area contributed by atoms with E-state index in [1.807, 2.05) is 0 Å². The van der Waals surface area contributed by atoms with Crippen LogP contribution in [0.5, 0.6) is 0 Å². The van der Waals surface area contributed by atoms with Gasteiger partial charge in [-0.15, -0.1) is 0 Å². The molecule has 0 aromatic rings. The average Bonchev–Trinajstić information content (AvgIpc) is 2.21. The van der Waals surface area contributed by atoms with Gasteiger partial charge in [0.2, 0.25) is 5.91 Å². The van der Waals surface area contributed by atoms with Crippen LogP contribution in [0.4, 0.5) is 0 Å². The van der Waals surface area contributed by atoms with E-state index >= 15 is 0 Å². The van der Waals surface area contributed by atoms with E-state index in [-0.39, 0.29) is 23.6 Å². The highest BCUT2D eigenvalue weighted by molar-refractivity contribution is 6.01. The molecule has 5 heteroatoms. The first-order valence-electron chi connectivity index (χ1n) is 5.52. The summed E-state index contributed by atoms with van der Waals surface area (Å²) in [6.45, 7) is 8.47. The van der Waals surface area contributed by atoms with Crippen LogP contribution in [0.3, 0.4) is 0 Å². The molecular weight excluding hydrogens is 222 g/mol. The van der Waals surface area contributed by atoms with E-state index in [4.69, 9.17) is 5.11 Å². The first-order valence-corrected chi connectivity index (χ1v) is 5.52. The minimum Gasteiger partial charge on any atom is -0.478 e. The van der Waals surface area contributed by atoms with Gasteiger partial charge in [0.05, 0.1) is 5.60 Å². The monoisotopic (exact) mass is 243 g/mol. The molecule has 0 bridgehead atoms. The fourth-order valence-electron chi connectivity index (χ4n) is 1.35. The second-order valence-electron chi connectivity index (χ2n) is 4.69. The van der Waals surface area contributed by atoms with Crippen LogP contribution in [0.1, 0.15) is 34.6 Å². The lowest BCUT2D eigenvalue weighted by atomic mass is 10.1. The molecule has 17 heavy (non-hydrogen) atoms. The summed E-state index contributed by atoms with van der Waals surface area (Å²) in [6, 6.07) is 0. The number of likely N-dealkylation sites (N-methyl/N-ethyl adjacent to an activating group) is 1. The van der Waals surface area contributed by atoms with E-state index in [0.717, 1.165) is 0 Å². The van der Waals surface area contributed by atoms with Crippen molar-refractivity contribution >= 4 is 11.9 Å². The number of aliphatic carboxylic acids is 1. The number of nitrogens with zero attached hydrogens (tertiary/aromatic N) is 1. The second-order valence-corrected chi connectivity index (χ2v) is 4.69. The van der Waals surface area contributed by atoms with Crippen molar-refractivity contribution in [2.75, 3.05) is 13.1 Å². The summed E-state index contributed by atoms with van der Waals surface area (Å²) in [4.78, 5) is 24.2.